The number of halogens is 3. The number of carbonyl (C=O) groups excluding carboxylic acids is 1. The molecule has 2 amide bonds. The molecule has 164 valence electrons. The fraction of sp³-hybridized carbons (Fsp3) is 0.400. The first kappa shape index (κ1) is 20.9. The molecule has 0 spiro atoms. The summed E-state index contributed by atoms with van der Waals surface area (Å²) in [7, 11) is 0. The average molecular weight is 433 g/mol. The van der Waals surface area contributed by atoms with Gasteiger partial charge in [0.1, 0.15) is 5.82 Å². The van der Waals surface area contributed by atoms with E-state index >= 15 is 0 Å². The molecule has 2 aromatic heterocycles. The number of urea groups is 1. The van der Waals surface area contributed by atoms with E-state index in [1.807, 2.05) is 30.3 Å². The second kappa shape index (κ2) is 7.71. The van der Waals surface area contributed by atoms with E-state index in [0.29, 0.717) is 44.0 Å². The Morgan fingerprint density at radius 3 is 2.48 bits per heavy atom. The number of anilines is 1. The number of carbonyl (C=O) groups is 1. The second-order valence-corrected chi connectivity index (χ2v) is 7.75. The highest BCUT2D eigenvalue weighted by molar-refractivity contribution is 5.72. The summed E-state index contributed by atoms with van der Waals surface area (Å²) >= 11 is 0. The average Bonchev–Trinajstić information content (AvgIpc) is 3.17. The number of amides is 2. The van der Waals surface area contributed by atoms with Gasteiger partial charge in [-0.05, 0) is 25.3 Å². The maximum absolute atomic E-state index is 13.1. The molecule has 1 aromatic carbocycles. The summed E-state index contributed by atoms with van der Waals surface area (Å²) in [5, 5.41) is 6.87. The lowest BCUT2D eigenvalue weighted by Gasteiger charge is -2.42. The number of benzene rings is 1. The van der Waals surface area contributed by atoms with Crippen LogP contribution >= 0.6 is 0 Å². The molecule has 3 N–H and O–H groups in total. The zero-order valence-electron chi connectivity index (χ0n) is 16.9. The predicted molar refractivity (Wildman–Crippen MR) is 108 cm³/mol. The highest BCUT2D eigenvalue weighted by Crippen LogP contribution is 2.36. The van der Waals surface area contributed by atoms with Gasteiger partial charge in [-0.3, -0.25) is 0 Å². The minimum atomic E-state index is -4.66. The van der Waals surface area contributed by atoms with E-state index in [-0.39, 0.29) is 11.2 Å². The lowest BCUT2D eigenvalue weighted by molar-refractivity contribution is -0.144. The van der Waals surface area contributed by atoms with Gasteiger partial charge in [-0.15, -0.1) is 5.10 Å². The van der Waals surface area contributed by atoms with Crippen molar-refractivity contribution in [1.82, 2.24) is 24.5 Å². The summed E-state index contributed by atoms with van der Waals surface area (Å²) in [6, 6.07) is 11.0. The molecule has 1 fully saturated rings. The van der Waals surface area contributed by atoms with Gasteiger partial charge in [-0.25, -0.2) is 9.78 Å². The van der Waals surface area contributed by atoms with Crippen molar-refractivity contribution in [1.29, 1.82) is 0 Å². The number of aryl methyl sites for hydroxylation is 1. The standard InChI is InChI=1S/C20H22F3N7O/c1-13-11-15(30-18(26-13)27-16(28-30)20(21,22)23)25-12-19(14-5-3-2-4-6-14)7-9-29(10-8-19)17(24)31/h2-6,11,25H,7-10,12H2,1H3,(H2,24,31). The van der Waals surface area contributed by atoms with Gasteiger partial charge in [0.15, 0.2) is 0 Å². The van der Waals surface area contributed by atoms with Gasteiger partial charge in [-0.1, -0.05) is 30.3 Å². The predicted octanol–water partition coefficient (Wildman–Crippen LogP) is 2.98. The van der Waals surface area contributed by atoms with Crippen molar-refractivity contribution < 1.29 is 18.0 Å². The van der Waals surface area contributed by atoms with Crippen molar-refractivity contribution >= 4 is 17.6 Å². The molecule has 0 saturated carbocycles. The maximum Gasteiger partial charge on any atom is 0.453 e. The van der Waals surface area contributed by atoms with Crippen LogP contribution < -0.4 is 11.1 Å². The first-order valence-electron chi connectivity index (χ1n) is 9.83. The van der Waals surface area contributed by atoms with Gasteiger partial charge < -0.3 is 16.0 Å². The number of alkyl halides is 3. The van der Waals surface area contributed by atoms with Crippen molar-refractivity contribution in [2.75, 3.05) is 25.0 Å². The topological polar surface area (TPSA) is 101 Å². The number of nitrogens with two attached hydrogens (primary N) is 1. The number of rotatable bonds is 4. The van der Waals surface area contributed by atoms with E-state index in [2.05, 4.69) is 20.4 Å². The second-order valence-electron chi connectivity index (χ2n) is 7.75. The first-order valence-corrected chi connectivity index (χ1v) is 9.83. The van der Waals surface area contributed by atoms with Crippen molar-refractivity contribution in [2.45, 2.75) is 31.4 Å². The zero-order chi connectivity index (χ0) is 22.2. The van der Waals surface area contributed by atoms with Crippen molar-refractivity contribution in [3.05, 3.63) is 53.5 Å². The van der Waals surface area contributed by atoms with Crippen LogP contribution in [-0.2, 0) is 11.6 Å². The number of nitrogens with zero attached hydrogens (tertiary/aromatic N) is 5. The highest BCUT2D eigenvalue weighted by atomic mass is 19.4. The smallest absolute Gasteiger partial charge is 0.369 e. The first-order chi connectivity index (χ1) is 14.7. The largest absolute Gasteiger partial charge is 0.453 e. The summed E-state index contributed by atoms with van der Waals surface area (Å²) < 4.78 is 40.3. The third-order valence-electron chi connectivity index (χ3n) is 5.72. The molecule has 3 aromatic rings. The lowest BCUT2D eigenvalue weighted by atomic mass is 9.72. The molecule has 1 saturated heterocycles. The van der Waals surface area contributed by atoms with Gasteiger partial charge >= 0.3 is 12.2 Å². The van der Waals surface area contributed by atoms with Crippen LogP contribution in [0.5, 0.6) is 0 Å². The molecule has 0 unspecified atom stereocenters. The number of nitrogens with one attached hydrogen (secondary N) is 1. The van der Waals surface area contributed by atoms with Crippen molar-refractivity contribution in [3.63, 3.8) is 0 Å². The number of piperidine rings is 1. The number of hydrogen-bond acceptors (Lipinski definition) is 5. The molecule has 0 radical (unpaired) electrons. The Hall–Kier alpha value is -3.37. The van der Waals surface area contributed by atoms with Crippen molar-refractivity contribution in [3.8, 4) is 0 Å². The third-order valence-corrected chi connectivity index (χ3v) is 5.72. The molecule has 0 bridgehead atoms. The lowest BCUT2D eigenvalue weighted by Crippen LogP contribution is -2.49. The minimum absolute atomic E-state index is 0.118. The van der Waals surface area contributed by atoms with Crippen LogP contribution in [0.25, 0.3) is 5.78 Å². The summed E-state index contributed by atoms with van der Waals surface area (Å²) in [5.41, 5.74) is 6.71. The van der Waals surface area contributed by atoms with E-state index in [0.717, 1.165) is 10.1 Å². The molecule has 4 rings (SSSR count). The zero-order valence-corrected chi connectivity index (χ0v) is 16.9. The molecule has 1 aliphatic rings. The molecule has 0 aliphatic carbocycles. The molecular formula is C20H22F3N7O. The van der Waals surface area contributed by atoms with E-state index in [1.165, 1.54) is 0 Å². The van der Waals surface area contributed by atoms with E-state index in [1.54, 1.807) is 17.9 Å². The minimum Gasteiger partial charge on any atom is -0.369 e. The van der Waals surface area contributed by atoms with Crippen LogP contribution in [0.2, 0.25) is 0 Å². The van der Waals surface area contributed by atoms with Crippen LogP contribution in [0.4, 0.5) is 23.8 Å². The van der Waals surface area contributed by atoms with E-state index < -0.39 is 18.0 Å². The molecule has 31 heavy (non-hydrogen) atoms. The van der Waals surface area contributed by atoms with Crippen LogP contribution in [0, 0.1) is 6.92 Å². The Labute approximate surface area is 176 Å². The monoisotopic (exact) mass is 433 g/mol. The Balaban J connectivity index is 1.66. The van der Waals surface area contributed by atoms with Crippen LogP contribution in [0.15, 0.2) is 36.4 Å². The van der Waals surface area contributed by atoms with Crippen LogP contribution in [0.1, 0.15) is 29.9 Å². The number of primary amides is 1. The molecule has 8 nitrogen and oxygen atoms in total. The molecule has 1 aliphatic heterocycles. The fourth-order valence-corrected chi connectivity index (χ4v) is 4.01. The SMILES string of the molecule is Cc1cc(NCC2(c3ccccc3)CCN(C(N)=O)CC2)n2nc(C(F)(F)F)nc2n1. The Morgan fingerprint density at radius 2 is 1.87 bits per heavy atom. The molecule has 0 atom stereocenters. The van der Waals surface area contributed by atoms with Gasteiger partial charge in [0.2, 0.25) is 0 Å². The number of hydrogen-bond donors (Lipinski definition) is 2. The van der Waals surface area contributed by atoms with Gasteiger partial charge in [0, 0.05) is 36.8 Å². The van der Waals surface area contributed by atoms with E-state index in [4.69, 9.17) is 5.73 Å². The Morgan fingerprint density at radius 1 is 1.19 bits per heavy atom. The third kappa shape index (κ3) is 4.12. The Bertz CT molecular complexity index is 1090. The summed E-state index contributed by atoms with van der Waals surface area (Å²) in [6.07, 6.45) is -3.34. The van der Waals surface area contributed by atoms with E-state index in [9.17, 15) is 18.0 Å². The summed E-state index contributed by atoms with van der Waals surface area (Å²) in [4.78, 5) is 20.7. The Kier molecular flexibility index (Phi) is 5.19. The van der Waals surface area contributed by atoms with Crippen LogP contribution in [0.3, 0.4) is 0 Å². The normalized spacial score (nSPS) is 16.5. The maximum atomic E-state index is 13.1. The van der Waals surface area contributed by atoms with Crippen LogP contribution in [-0.4, -0.2) is 50.1 Å². The number of aromatic nitrogens is 4. The fourth-order valence-electron chi connectivity index (χ4n) is 4.01. The molecule has 3 heterocycles. The number of likely N-dealkylation sites (tertiary alicyclic amines) is 1. The van der Waals surface area contributed by atoms with Gasteiger partial charge in [-0.2, -0.15) is 22.7 Å². The molecule has 11 heteroatoms. The molecular weight excluding hydrogens is 411 g/mol. The quantitative estimate of drug-likeness (QED) is 0.659. The van der Waals surface area contributed by atoms with Gasteiger partial charge in [0.25, 0.3) is 11.6 Å². The highest BCUT2D eigenvalue weighted by Gasteiger charge is 2.38. The summed E-state index contributed by atoms with van der Waals surface area (Å²) in [5.74, 6) is -0.980. The van der Waals surface area contributed by atoms with Crippen molar-refractivity contribution in [2.24, 2.45) is 5.73 Å². The number of fused-ring (bicyclic) bond motifs is 1. The summed E-state index contributed by atoms with van der Waals surface area (Å²) in [6.45, 7) is 3.12. The van der Waals surface area contributed by atoms with Gasteiger partial charge in [0.05, 0.1) is 0 Å².